The number of rotatable bonds is 1. The van der Waals surface area contributed by atoms with Gasteiger partial charge in [-0.25, -0.2) is 0 Å². The van der Waals surface area contributed by atoms with Crippen molar-refractivity contribution in [2.24, 2.45) is 0 Å². The van der Waals surface area contributed by atoms with Gasteiger partial charge in [0.05, 0.1) is 15.6 Å². The monoisotopic (exact) mass is 229 g/mol. The summed E-state index contributed by atoms with van der Waals surface area (Å²) in [6.07, 6.45) is 0. The molecule has 6 heteroatoms. The number of nitrogen functional groups attached to an aromatic ring is 1. The van der Waals surface area contributed by atoms with Gasteiger partial charge in [0, 0.05) is 0 Å². The maximum Gasteiger partial charge on any atom is 0.313 e. The standard InChI is InChI=1S/C8H5Cl2N3O/c9-4-2-1-3-5(10)6(4)7-12-13-8(11)14-7/h1-3H,(H2,11,13). The van der Waals surface area contributed by atoms with E-state index in [1.807, 2.05) is 0 Å². The molecule has 0 fully saturated rings. The molecule has 72 valence electrons. The fraction of sp³-hybridized carbons (Fsp3) is 0. The Hall–Kier alpha value is -1.26. The SMILES string of the molecule is Nc1nnc(-c2c(Cl)cccc2Cl)o1. The van der Waals surface area contributed by atoms with Crippen LogP contribution in [0.3, 0.4) is 0 Å². The Kier molecular flexibility index (Phi) is 2.31. The van der Waals surface area contributed by atoms with Gasteiger partial charge in [-0.15, -0.1) is 5.10 Å². The van der Waals surface area contributed by atoms with Gasteiger partial charge >= 0.3 is 6.01 Å². The van der Waals surface area contributed by atoms with Crippen LogP contribution >= 0.6 is 23.2 Å². The minimum atomic E-state index is -0.0176. The number of anilines is 1. The van der Waals surface area contributed by atoms with E-state index in [9.17, 15) is 0 Å². The Morgan fingerprint density at radius 2 is 1.79 bits per heavy atom. The van der Waals surface area contributed by atoms with Crippen molar-refractivity contribution in [1.29, 1.82) is 0 Å². The van der Waals surface area contributed by atoms with Crippen LogP contribution in [0.25, 0.3) is 11.5 Å². The summed E-state index contributed by atoms with van der Waals surface area (Å²) in [5, 5.41) is 8.11. The average molecular weight is 230 g/mol. The predicted molar refractivity (Wildman–Crippen MR) is 54.2 cm³/mol. The van der Waals surface area contributed by atoms with Gasteiger partial charge in [0.2, 0.25) is 0 Å². The van der Waals surface area contributed by atoms with Crippen molar-refractivity contribution in [3.8, 4) is 11.5 Å². The van der Waals surface area contributed by atoms with Crippen molar-refractivity contribution in [2.45, 2.75) is 0 Å². The van der Waals surface area contributed by atoms with Crippen molar-refractivity contribution < 1.29 is 4.42 Å². The molecule has 0 amide bonds. The summed E-state index contributed by atoms with van der Waals surface area (Å²) in [7, 11) is 0. The molecule has 14 heavy (non-hydrogen) atoms. The average Bonchev–Trinajstić information content (AvgIpc) is 2.51. The molecule has 0 aliphatic carbocycles. The zero-order valence-corrected chi connectivity index (χ0v) is 8.38. The third-order valence-electron chi connectivity index (χ3n) is 1.62. The van der Waals surface area contributed by atoms with E-state index in [2.05, 4.69) is 10.2 Å². The van der Waals surface area contributed by atoms with Crippen LogP contribution in [0, 0.1) is 0 Å². The summed E-state index contributed by atoms with van der Waals surface area (Å²) in [5.74, 6) is 0.220. The Labute approximate surface area is 89.6 Å². The minimum absolute atomic E-state index is 0.0176. The molecule has 0 atom stereocenters. The highest BCUT2D eigenvalue weighted by Crippen LogP contribution is 2.33. The summed E-state index contributed by atoms with van der Waals surface area (Å²) in [6, 6.07) is 5.08. The molecule has 2 aromatic rings. The highest BCUT2D eigenvalue weighted by atomic mass is 35.5. The molecule has 4 nitrogen and oxygen atoms in total. The third-order valence-corrected chi connectivity index (χ3v) is 2.25. The van der Waals surface area contributed by atoms with Crippen LogP contribution in [0.5, 0.6) is 0 Å². The van der Waals surface area contributed by atoms with E-state index < -0.39 is 0 Å². The minimum Gasteiger partial charge on any atom is -0.403 e. The van der Waals surface area contributed by atoms with Crippen LogP contribution in [0.2, 0.25) is 10.0 Å². The highest BCUT2D eigenvalue weighted by Gasteiger charge is 2.13. The van der Waals surface area contributed by atoms with Crippen LogP contribution in [0.1, 0.15) is 0 Å². The van der Waals surface area contributed by atoms with Crippen LogP contribution < -0.4 is 5.73 Å². The third kappa shape index (κ3) is 1.54. The summed E-state index contributed by atoms with van der Waals surface area (Å²) < 4.78 is 5.02. The molecule has 0 saturated heterocycles. The van der Waals surface area contributed by atoms with E-state index in [1.54, 1.807) is 18.2 Å². The van der Waals surface area contributed by atoms with E-state index >= 15 is 0 Å². The second kappa shape index (κ2) is 3.48. The molecule has 0 unspecified atom stereocenters. The summed E-state index contributed by atoms with van der Waals surface area (Å²) in [5.41, 5.74) is 5.79. The lowest BCUT2D eigenvalue weighted by atomic mass is 10.2. The van der Waals surface area contributed by atoms with Gasteiger partial charge in [-0.2, -0.15) is 0 Å². The smallest absolute Gasteiger partial charge is 0.313 e. The highest BCUT2D eigenvalue weighted by molar-refractivity contribution is 6.38. The first kappa shape index (κ1) is 9.30. The number of halogens is 2. The molecule has 1 aromatic heterocycles. The van der Waals surface area contributed by atoms with E-state index in [4.69, 9.17) is 33.4 Å². The van der Waals surface area contributed by atoms with Gasteiger partial charge in [-0.05, 0) is 12.1 Å². The molecular weight excluding hydrogens is 225 g/mol. The summed E-state index contributed by atoms with van der Waals surface area (Å²) in [4.78, 5) is 0. The summed E-state index contributed by atoms with van der Waals surface area (Å²) >= 11 is 11.8. The van der Waals surface area contributed by atoms with E-state index in [0.717, 1.165) is 0 Å². The number of hydrogen-bond acceptors (Lipinski definition) is 4. The number of aromatic nitrogens is 2. The molecule has 1 aromatic carbocycles. The lowest BCUT2D eigenvalue weighted by molar-refractivity contribution is 0.590. The molecule has 2 rings (SSSR count). The maximum absolute atomic E-state index is 5.92. The molecule has 1 heterocycles. The van der Waals surface area contributed by atoms with Gasteiger partial charge in [0.15, 0.2) is 0 Å². The van der Waals surface area contributed by atoms with Gasteiger partial charge in [-0.1, -0.05) is 34.4 Å². The number of nitrogens with zero attached hydrogens (tertiary/aromatic N) is 2. The lowest BCUT2D eigenvalue weighted by Gasteiger charge is -2.00. The first-order chi connectivity index (χ1) is 6.68. The number of benzene rings is 1. The fourth-order valence-electron chi connectivity index (χ4n) is 1.04. The number of hydrogen-bond donors (Lipinski definition) is 1. The zero-order chi connectivity index (χ0) is 10.1. The number of nitrogens with two attached hydrogens (primary N) is 1. The van der Waals surface area contributed by atoms with Crippen LogP contribution in [-0.4, -0.2) is 10.2 Å². The topological polar surface area (TPSA) is 64.9 Å². The van der Waals surface area contributed by atoms with Crippen molar-refractivity contribution in [1.82, 2.24) is 10.2 Å². The van der Waals surface area contributed by atoms with Crippen LogP contribution in [0.4, 0.5) is 6.01 Å². The Morgan fingerprint density at radius 1 is 1.14 bits per heavy atom. The first-order valence-corrected chi connectivity index (χ1v) is 4.47. The maximum atomic E-state index is 5.92. The van der Waals surface area contributed by atoms with Crippen molar-refractivity contribution >= 4 is 29.2 Å². The van der Waals surface area contributed by atoms with Gasteiger partial charge in [0.1, 0.15) is 0 Å². The van der Waals surface area contributed by atoms with Crippen molar-refractivity contribution in [2.75, 3.05) is 5.73 Å². The quantitative estimate of drug-likeness (QED) is 0.817. The summed E-state index contributed by atoms with van der Waals surface area (Å²) in [6.45, 7) is 0. The van der Waals surface area contributed by atoms with Crippen LogP contribution in [0.15, 0.2) is 22.6 Å². The normalized spacial score (nSPS) is 10.4. The molecule has 0 radical (unpaired) electrons. The largest absolute Gasteiger partial charge is 0.403 e. The van der Waals surface area contributed by atoms with Crippen molar-refractivity contribution in [3.63, 3.8) is 0 Å². The zero-order valence-electron chi connectivity index (χ0n) is 6.87. The molecule has 0 aliphatic heterocycles. The second-order valence-corrected chi connectivity index (χ2v) is 3.36. The first-order valence-electron chi connectivity index (χ1n) is 3.72. The van der Waals surface area contributed by atoms with Gasteiger partial charge < -0.3 is 10.2 Å². The van der Waals surface area contributed by atoms with Crippen molar-refractivity contribution in [3.05, 3.63) is 28.2 Å². The van der Waals surface area contributed by atoms with E-state index in [1.165, 1.54) is 0 Å². The van der Waals surface area contributed by atoms with Gasteiger partial charge in [-0.3, -0.25) is 0 Å². The molecule has 0 bridgehead atoms. The Balaban J connectivity index is 2.61. The Bertz CT molecular complexity index is 449. The molecular formula is C8H5Cl2N3O. The second-order valence-electron chi connectivity index (χ2n) is 2.54. The molecule has 2 N–H and O–H groups in total. The fourth-order valence-corrected chi connectivity index (χ4v) is 1.60. The van der Waals surface area contributed by atoms with Crippen LogP contribution in [-0.2, 0) is 0 Å². The van der Waals surface area contributed by atoms with Gasteiger partial charge in [0.25, 0.3) is 5.89 Å². The van der Waals surface area contributed by atoms with E-state index in [0.29, 0.717) is 15.6 Å². The molecule has 0 saturated carbocycles. The lowest BCUT2D eigenvalue weighted by Crippen LogP contribution is -1.81. The Morgan fingerprint density at radius 3 is 2.29 bits per heavy atom. The molecule has 0 aliphatic rings. The van der Waals surface area contributed by atoms with E-state index in [-0.39, 0.29) is 11.9 Å². The molecule has 0 spiro atoms. The predicted octanol–water partition coefficient (Wildman–Crippen LogP) is 2.63.